The van der Waals surface area contributed by atoms with Crippen molar-refractivity contribution >= 4 is 17.6 Å². The Hall–Kier alpha value is -3.20. The molecule has 0 N–H and O–H groups in total. The molecule has 9 nitrogen and oxygen atoms in total. The molecule has 1 aromatic carbocycles. The van der Waals surface area contributed by atoms with Gasteiger partial charge in [0.15, 0.2) is 5.82 Å². The molecule has 2 heterocycles. The van der Waals surface area contributed by atoms with E-state index in [2.05, 4.69) is 33.8 Å². The fourth-order valence-corrected chi connectivity index (χ4v) is 5.05. The number of nitrogens with zero attached hydrogens (tertiary/aromatic N) is 6. The van der Waals surface area contributed by atoms with Crippen molar-refractivity contribution in [2.75, 3.05) is 70.9 Å². The SMILES string of the molecule is CCN(CC)CCN(CC(=O)N1CCCN(c2ccc(-c3ccc(OC)cc3)nn2)CC1)C(=O)C1CCC1. The molecule has 2 aromatic rings. The average molecular weight is 523 g/mol. The van der Waals surface area contributed by atoms with Crippen molar-refractivity contribution in [1.29, 1.82) is 0 Å². The molecule has 1 saturated heterocycles. The molecule has 206 valence electrons. The summed E-state index contributed by atoms with van der Waals surface area (Å²) in [7, 11) is 1.65. The van der Waals surface area contributed by atoms with Crippen molar-refractivity contribution < 1.29 is 14.3 Å². The van der Waals surface area contributed by atoms with Crippen molar-refractivity contribution in [3.05, 3.63) is 36.4 Å². The Morgan fingerprint density at radius 1 is 0.921 bits per heavy atom. The van der Waals surface area contributed by atoms with Crippen molar-refractivity contribution in [3.63, 3.8) is 0 Å². The zero-order valence-corrected chi connectivity index (χ0v) is 23.1. The minimum absolute atomic E-state index is 0.0417. The standard InChI is InChI=1S/C29H42N6O3/c1-4-32(5-2)18-19-35(29(37)24-8-6-9-24)22-28(36)34-17-7-16-33(20-21-34)27-15-14-26(30-31-27)23-10-12-25(38-3)13-11-23/h10-15,24H,4-9,16-22H2,1-3H3. The number of anilines is 1. The predicted octanol–water partition coefficient (Wildman–Crippen LogP) is 3.16. The number of methoxy groups -OCH3 is 1. The van der Waals surface area contributed by atoms with Gasteiger partial charge in [-0.3, -0.25) is 9.59 Å². The van der Waals surface area contributed by atoms with Crippen LogP contribution in [-0.4, -0.2) is 103 Å². The first-order valence-electron chi connectivity index (χ1n) is 14.0. The van der Waals surface area contributed by atoms with E-state index in [1.54, 1.807) is 7.11 Å². The number of likely N-dealkylation sites (N-methyl/N-ethyl adjacent to an activating group) is 1. The summed E-state index contributed by atoms with van der Waals surface area (Å²) < 4.78 is 5.23. The van der Waals surface area contributed by atoms with E-state index in [0.29, 0.717) is 26.2 Å². The molecule has 0 atom stereocenters. The second kappa shape index (κ2) is 13.6. The zero-order valence-electron chi connectivity index (χ0n) is 23.1. The maximum Gasteiger partial charge on any atom is 0.242 e. The van der Waals surface area contributed by atoms with E-state index >= 15 is 0 Å². The van der Waals surface area contributed by atoms with Crippen LogP contribution >= 0.6 is 0 Å². The summed E-state index contributed by atoms with van der Waals surface area (Å²) in [4.78, 5) is 34.7. The van der Waals surface area contributed by atoms with Crippen LogP contribution in [0, 0.1) is 5.92 Å². The molecule has 1 aliphatic heterocycles. The number of hydrogen-bond donors (Lipinski definition) is 0. The average Bonchev–Trinajstić information content (AvgIpc) is 3.18. The van der Waals surface area contributed by atoms with Crippen LogP contribution in [0.4, 0.5) is 5.82 Å². The van der Waals surface area contributed by atoms with Crippen LogP contribution in [0.1, 0.15) is 39.5 Å². The van der Waals surface area contributed by atoms with Gasteiger partial charge in [0, 0.05) is 50.7 Å². The highest BCUT2D eigenvalue weighted by Gasteiger charge is 2.31. The Morgan fingerprint density at radius 2 is 1.68 bits per heavy atom. The first-order valence-corrected chi connectivity index (χ1v) is 14.0. The molecule has 38 heavy (non-hydrogen) atoms. The topological polar surface area (TPSA) is 82.1 Å². The molecule has 0 unspecified atom stereocenters. The molecule has 9 heteroatoms. The lowest BCUT2D eigenvalue weighted by Gasteiger charge is -2.34. The summed E-state index contributed by atoms with van der Waals surface area (Å²) in [5.74, 6) is 1.91. The van der Waals surface area contributed by atoms with E-state index in [0.717, 1.165) is 74.7 Å². The van der Waals surface area contributed by atoms with Gasteiger partial charge >= 0.3 is 0 Å². The number of aromatic nitrogens is 2. The van der Waals surface area contributed by atoms with Gasteiger partial charge in [0.1, 0.15) is 5.75 Å². The van der Waals surface area contributed by atoms with Gasteiger partial charge in [-0.1, -0.05) is 20.3 Å². The third kappa shape index (κ3) is 7.01. The van der Waals surface area contributed by atoms with E-state index < -0.39 is 0 Å². The highest BCUT2D eigenvalue weighted by molar-refractivity contribution is 5.86. The second-order valence-electron chi connectivity index (χ2n) is 10.1. The Labute approximate surface area is 226 Å². The van der Waals surface area contributed by atoms with Gasteiger partial charge in [-0.05, 0) is 68.8 Å². The summed E-state index contributed by atoms with van der Waals surface area (Å²) in [6.07, 6.45) is 3.86. The highest BCUT2D eigenvalue weighted by Crippen LogP contribution is 2.28. The molecular weight excluding hydrogens is 480 g/mol. The number of amides is 2. The number of benzene rings is 1. The molecule has 2 amide bonds. The maximum atomic E-state index is 13.3. The summed E-state index contributed by atoms with van der Waals surface area (Å²) >= 11 is 0. The monoisotopic (exact) mass is 522 g/mol. The van der Waals surface area contributed by atoms with Gasteiger partial charge in [-0.15, -0.1) is 10.2 Å². The Balaban J connectivity index is 1.34. The van der Waals surface area contributed by atoms with Crippen molar-refractivity contribution in [3.8, 4) is 17.0 Å². The van der Waals surface area contributed by atoms with Crippen LogP contribution < -0.4 is 9.64 Å². The number of rotatable bonds is 11. The van der Waals surface area contributed by atoms with Gasteiger partial charge in [0.05, 0.1) is 19.3 Å². The summed E-state index contributed by atoms with van der Waals surface area (Å²) in [5.41, 5.74) is 1.79. The smallest absolute Gasteiger partial charge is 0.242 e. The number of carbonyl (C=O) groups is 2. The Bertz CT molecular complexity index is 1040. The number of ether oxygens (including phenoxy) is 1. The van der Waals surface area contributed by atoms with Crippen LogP contribution in [0.5, 0.6) is 5.75 Å². The predicted molar refractivity (Wildman–Crippen MR) is 149 cm³/mol. The highest BCUT2D eigenvalue weighted by atomic mass is 16.5. The summed E-state index contributed by atoms with van der Waals surface area (Å²) in [6.45, 7) is 10.6. The van der Waals surface area contributed by atoms with Gasteiger partial charge < -0.3 is 24.3 Å². The zero-order chi connectivity index (χ0) is 26.9. The third-order valence-electron chi connectivity index (χ3n) is 7.88. The fourth-order valence-electron chi connectivity index (χ4n) is 5.05. The van der Waals surface area contributed by atoms with Crippen LogP contribution in [0.25, 0.3) is 11.3 Å². The Morgan fingerprint density at radius 3 is 2.29 bits per heavy atom. The molecule has 1 aromatic heterocycles. The van der Waals surface area contributed by atoms with Crippen molar-refractivity contribution in [2.24, 2.45) is 5.92 Å². The fraction of sp³-hybridized carbons (Fsp3) is 0.586. The van der Waals surface area contributed by atoms with E-state index in [4.69, 9.17) is 4.74 Å². The molecule has 1 saturated carbocycles. The van der Waals surface area contributed by atoms with Crippen LogP contribution in [0.2, 0.25) is 0 Å². The van der Waals surface area contributed by atoms with E-state index in [1.807, 2.05) is 46.2 Å². The molecule has 0 bridgehead atoms. The summed E-state index contributed by atoms with van der Waals surface area (Å²) in [6, 6.07) is 11.7. The minimum Gasteiger partial charge on any atom is -0.497 e. The summed E-state index contributed by atoms with van der Waals surface area (Å²) in [5, 5.41) is 8.92. The van der Waals surface area contributed by atoms with Gasteiger partial charge in [-0.2, -0.15) is 0 Å². The van der Waals surface area contributed by atoms with Gasteiger partial charge in [0.2, 0.25) is 11.8 Å². The number of hydrogen-bond acceptors (Lipinski definition) is 7. The lowest BCUT2D eigenvalue weighted by atomic mass is 9.84. The molecule has 1 aliphatic carbocycles. The maximum absolute atomic E-state index is 13.3. The van der Waals surface area contributed by atoms with E-state index in [9.17, 15) is 9.59 Å². The largest absolute Gasteiger partial charge is 0.497 e. The molecule has 4 rings (SSSR count). The quantitative estimate of drug-likeness (QED) is 0.448. The van der Waals surface area contributed by atoms with Crippen molar-refractivity contribution in [1.82, 2.24) is 24.9 Å². The van der Waals surface area contributed by atoms with E-state index in [1.165, 1.54) is 0 Å². The van der Waals surface area contributed by atoms with Crippen LogP contribution in [0.3, 0.4) is 0 Å². The van der Waals surface area contributed by atoms with Gasteiger partial charge in [-0.25, -0.2) is 0 Å². The number of carbonyl (C=O) groups excluding carboxylic acids is 2. The Kier molecular flexibility index (Phi) is 9.92. The first-order chi connectivity index (χ1) is 18.5. The minimum atomic E-state index is 0.0417. The van der Waals surface area contributed by atoms with Crippen LogP contribution in [0.15, 0.2) is 36.4 Å². The lowest BCUT2D eigenvalue weighted by molar-refractivity contribution is -0.144. The van der Waals surface area contributed by atoms with Gasteiger partial charge in [0.25, 0.3) is 0 Å². The normalized spacial score (nSPS) is 16.2. The molecule has 0 radical (unpaired) electrons. The first kappa shape index (κ1) is 27.8. The molecule has 2 fully saturated rings. The third-order valence-corrected chi connectivity index (χ3v) is 7.88. The van der Waals surface area contributed by atoms with E-state index in [-0.39, 0.29) is 24.3 Å². The molecular formula is C29H42N6O3. The second-order valence-corrected chi connectivity index (χ2v) is 10.1. The van der Waals surface area contributed by atoms with Crippen molar-refractivity contribution in [2.45, 2.75) is 39.5 Å². The lowest BCUT2D eigenvalue weighted by Crippen LogP contribution is -2.49. The van der Waals surface area contributed by atoms with Crippen LogP contribution in [-0.2, 0) is 9.59 Å². The molecule has 0 spiro atoms. The molecule has 2 aliphatic rings.